The second-order valence-corrected chi connectivity index (χ2v) is 4.57. The Morgan fingerprint density at radius 2 is 2.25 bits per heavy atom. The minimum Gasteiger partial charge on any atom is -0.346 e. The molecular weight excluding hydrogens is 273 g/mol. The maximum absolute atomic E-state index is 12.9. The maximum Gasteiger partial charge on any atom is 0.251 e. The summed E-state index contributed by atoms with van der Waals surface area (Å²) in [4.78, 5) is 11.8. The van der Waals surface area contributed by atoms with Gasteiger partial charge in [0.1, 0.15) is 5.82 Å². The zero-order chi connectivity index (χ0) is 12.2. The molecule has 1 atom stereocenters. The largest absolute Gasteiger partial charge is 0.346 e. The van der Waals surface area contributed by atoms with Crippen LogP contribution in [-0.4, -0.2) is 16.8 Å². The van der Waals surface area contributed by atoms with E-state index in [1.54, 1.807) is 6.07 Å². The first-order valence-corrected chi connectivity index (χ1v) is 6.27. The van der Waals surface area contributed by atoms with E-state index in [1.807, 2.05) is 13.8 Å². The van der Waals surface area contributed by atoms with Crippen molar-refractivity contribution in [1.29, 1.82) is 0 Å². The van der Waals surface area contributed by atoms with Crippen molar-refractivity contribution in [3.8, 4) is 0 Å². The number of rotatable bonds is 4. The third-order valence-electron chi connectivity index (χ3n) is 2.58. The van der Waals surface area contributed by atoms with E-state index in [9.17, 15) is 9.18 Å². The van der Waals surface area contributed by atoms with Gasteiger partial charge in [0, 0.05) is 16.4 Å². The molecule has 1 N–H and O–H groups in total. The van der Waals surface area contributed by atoms with Crippen LogP contribution < -0.4 is 5.32 Å². The molecule has 88 valence electrons. The van der Waals surface area contributed by atoms with Crippen molar-refractivity contribution in [2.75, 3.05) is 5.33 Å². The standard InChI is InChI=1S/C12H15BrFNO/c1-3-12(2,8-13)15-11(16)9-5-4-6-10(14)7-9/h4-7H,3,8H2,1-2H3,(H,15,16). The van der Waals surface area contributed by atoms with E-state index in [0.29, 0.717) is 10.9 Å². The summed E-state index contributed by atoms with van der Waals surface area (Å²) in [5.74, 6) is -0.645. The number of carbonyl (C=O) groups excluding carboxylic acids is 1. The number of hydrogen-bond acceptors (Lipinski definition) is 1. The van der Waals surface area contributed by atoms with E-state index in [1.165, 1.54) is 18.2 Å². The lowest BCUT2D eigenvalue weighted by molar-refractivity contribution is 0.0913. The first-order chi connectivity index (χ1) is 7.50. The molecule has 1 aromatic carbocycles. The molecule has 0 radical (unpaired) electrons. The van der Waals surface area contributed by atoms with Crippen LogP contribution in [0.2, 0.25) is 0 Å². The third kappa shape index (κ3) is 3.30. The molecule has 0 bridgehead atoms. The number of alkyl halides is 1. The lowest BCUT2D eigenvalue weighted by atomic mass is 10.0. The second kappa shape index (κ2) is 5.43. The van der Waals surface area contributed by atoms with Crippen LogP contribution >= 0.6 is 15.9 Å². The van der Waals surface area contributed by atoms with Crippen LogP contribution in [0.4, 0.5) is 4.39 Å². The van der Waals surface area contributed by atoms with Gasteiger partial charge in [-0.3, -0.25) is 4.79 Å². The van der Waals surface area contributed by atoms with Crippen LogP contribution in [0.15, 0.2) is 24.3 Å². The highest BCUT2D eigenvalue weighted by Gasteiger charge is 2.23. The highest BCUT2D eigenvalue weighted by atomic mass is 79.9. The van der Waals surface area contributed by atoms with Gasteiger partial charge < -0.3 is 5.32 Å². The molecule has 0 aliphatic rings. The summed E-state index contributed by atoms with van der Waals surface area (Å²) in [5, 5.41) is 3.55. The van der Waals surface area contributed by atoms with Crippen LogP contribution in [-0.2, 0) is 0 Å². The molecule has 1 unspecified atom stereocenters. The first kappa shape index (κ1) is 13.2. The molecule has 2 nitrogen and oxygen atoms in total. The van der Waals surface area contributed by atoms with Crippen LogP contribution in [0, 0.1) is 5.82 Å². The van der Waals surface area contributed by atoms with Crippen molar-refractivity contribution in [2.24, 2.45) is 0 Å². The molecule has 0 fully saturated rings. The molecule has 4 heteroatoms. The fourth-order valence-corrected chi connectivity index (χ4v) is 1.73. The summed E-state index contributed by atoms with van der Waals surface area (Å²) in [5.41, 5.74) is 0.0456. The molecular formula is C12H15BrFNO. The molecule has 1 rings (SSSR count). The van der Waals surface area contributed by atoms with Crippen LogP contribution in [0.5, 0.6) is 0 Å². The molecule has 0 saturated carbocycles. The van der Waals surface area contributed by atoms with E-state index in [-0.39, 0.29) is 11.4 Å². The molecule has 0 aliphatic carbocycles. The van der Waals surface area contributed by atoms with E-state index < -0.39 is 5.82 Å². The summed E-state index contributed by atoms with van der Waals surface area (Å²) in [6.07, 6.45) is 0.805. The molecule has 0 heterocycles. The molecule has 0 aliphatic heterocycles. The van der Waals surface area contributed by atoms with Gasteiger partial charge in [-0.2, -0.15) is 0 Å². The Balaban J connectivity index is 2.80. The Hall–Kier alpha value is -0.900. The van der Waals surface area contributed by atoms with Crippen LogP contribution in [0.1, 0.15) is 30.6 Å². The number of hydrogen-bond donors (Lipinski definition) is 1. The van der Waals surface area contributed by atoms with Gasteiger partial charge in [0.25, 0.3) is 5.91 Å². The van der Waals surface area contributed by atoms with Crippen LogP contribution in [0.25, 0.3) is 0 Å². The number of benzene rings is 1. The molecule has 16 heavy (non-hydrogen) atoms. The Labute approximate surface area is 103 Å². The third-order valence-corrected chi connectivity index (χ3v) is 3.81. The number of nitrogens with one attached hydrogen (secondary N) is 1. The monoisotopic (exact) mass is 287 g/mol. The Morgan fingerprint density at radius 1 is 1.56 bits per heavy atom. The van der Waals surface area contributed by atoms with Crippen molar-refractivity contribution in [2.45, 2.75) is 25.8 Å². The number of carbonyl (C=O) groups is 1. The van der Waals surface area contributed by atoms with E-state index in [4.69, 9.17) is 0 Å². The minimum atomic E-state index is -0.398. The summed E-state index contributed by atoms with van der Waals surface area (Å²) >= 11 is 3.36. The Morgan fingerprint density at radius 3 is 2.75 bits per heavy atom. The summed E-state index contributed by atoms with van der Waals surface area (Å²) in [6.45, 7) is 3.94. The van der Waals surface area contributed by atoms with E-state index in [0.717, 1.165) is 6.42 Å². The summed E-state index contributed by atoms with van der Waals surface area (Å²) in [6, 6.07) is 5.68. The summed E-state index contributed by atoms with van der Waals surface area (Å²) < 4.78 is 12.9. The smallest absolute Gasteiger partial charge is 0.251 e. The highest BCUT2D eigenvalue weighted by molar-refractivity contribution is 9.09. The van der Waals surface area contributed by atoms with Crippen molar-refractivity contribution < 1.29 is 9.18 Å². The van der Waals surface area contributed by atoms with E-state index in [2.05, 4.69) is 21.2 Å². The van der Waals surface area contributed by atoms with Crippen LogP contribution in [0.3, 0.4) is 0 Å². The highest BCUT2D eigenvalue weighted by Crippen LogP contribution is 2.14. The van der Waals surface area contributed by atoms with E-state index >= 15 is 0 Å². The van der Waals surface area contributed by atoms with Gasteiger partial charge in [0.2, 0.25) is 0 Å². The molecule has 1 aromatic rings. The first-order valence-electron chi connectivity index (χ1n) is 5.15. The van der Waals surface area contributed by atoms with Gasteiger partial charge >= 0.3 is 0 Å². The Bertz CT molecular complexity index is 377. The lowest BCUT2D eigenvalue weighted by Gasteiger charge is -2.27. The maximum atomic E-state index is 12.9. The lowest BCUT2D eigenvalue weighted by Crippen LogP contribution is -2.46. The molecule has 0 aromatic heterocycles. The SMILES string of the molecule is CCC(C)(CBr)NC(=O)c1cccc(F)c1. The fraction of sp³-hybridized carbons (Fsp3) is 0.417. The van der Waals surface area contributed by atoms with Gasteiger partial charge in [0.05, 0.1) is 0 Å². The van der Waals surface area contributed by atoms with Crippen molar-refractivity contribution in [1.82, 2.24) is 5.32 Å². The van der Waals surface area contributed by atoms with Gasteiger partial charge in [-0.1, -0.05) is 28.9 Å². The molecule has 0 spiro atoms. The predicted octanol–water partition coefficient (Wildman–Crippen LogP) is 3.12. The second-order valence-electron chi connectivity index (χ2n) is 4.01. The number of amides is 1. The molecule has 0 saturated heterocycles. The van der Waals surface area contributed by atoms with Gasteiger partial charge in [-0.05, 0) is 31.5 Å². The van der Waals surface area contributed by atoms with Gasteiger partial charge in [-0.25, -0.2) is 4.39 Å². The predicted molar refractivity (Wildman–Crippen MR) is 66.4 cm³/mol. The quantitative estimate of drug-likeness (QED) is 0.847. The fourth-order valence-electron chi connectivity index (χ4n) is 1.19. The zero-order valence-electron chi connectivity index (χ0n) is 9.39. The summed E-state index contributed by atoms with van der Waals surface area (Å²) in [7, 11) is 0. The van der Waals surface area contributed by atoms with Gasteiger partial charge in [-0.15, -0.1) is 0 Å². The average Bonchev–Trinajstić information content (AvgIpc) is 2.29. The normalized spacial score (nSPS) is 14.2. The topological polar surface area (TPSA) is 29.1 Å². The average molecular weight is 288 g/mol. The van der Waals surface area contributed by atoms with Crippen molar-refractivity contribution in [3.05, 3.63) is 35.6 Å². The minimum absolute atomic E-state index is 0.247. The van der Waals surface area contributed by atoms with Crippen molar-refractivity contribution >= 4 is 21.8 Å². The Kier molecular flexibility index (Phi) is 4.47. The zero-order valence-corrected chi connectivity index (χ0v) is 11.0. The van der Waals surface area contributed by atoms with Gasteiger partial charge in [0.15, 0.2) is 0 Å². The number of halogens is 2. The van der Waals surface area contributed by atoms with Crippen molar-refractivity contribution in [3.63, 3.8) is 0 Å². The molecule has 1 amide bonds.